The molecule has 0 unspecified atom stereocenters. The maximum Gasteiger partial charge on any atom is 0.225 e. The van der Waals surface area contributed by atoms with Crippen LogP contribution in [0.4, 0.5) is 5.82 Å². The molecule has 1 aliphatic rings. The number of nitrogens with zero attached hydrogens (tertiary/aromatic N) is 3. The Morgan fingerprint density at radius 3 is 2.55 bits per heavy atom. The molecule has 0 saturated carbocycles. The molecule has 31 heavy (non-hydrogen) atoms. The molecule has 5 nitrogen and oxygen atoms in total. The Morgan fingerprint density at radius 1 is 1.00 bits per heavy atom. The number of anilines is 1. The lowest BCUT2D eigenvalue weighted by Gasteiger charge is -2.30. The Labute approximate surface area is 190 Å². The first-order chi connectivity index (χ1) is 15.1. The molecule has 0 radical (unpaired) electrons. The van der Waals surface area contributed by atoms with Crippen LogP contribution >= 0.6 is 22.9 Å². The van der Waals surface area contributed by atoms with Crippen LogP contribution in [0.15, 0.2) is 42.5 Å². The highest BCUT2D eigenvalue weighted by Crippen LogP contribution is 2.44. The molecule has 0 fully saturated rings. The second kappa shape index (κ2) is 8.02. The summed E-state index contributed by atoms with van der Waals surface area (Å²) in [6.45, 7) is 3.81. The lowest BCUT2D eigenvalue weighted by Crippen LogP contribution is -2.31. The fraction of sp³-hybridized carbons (Fsp3) is 0.250. The first kappa shape index (κ1) is 20.1. The van der Waals surface area contributed by atoms with E-state index in [4.69, 9.17) is 26.1 Å². The lowest BCUT2D eigenvalue weighted by molar-refractivity contribution is 0.355. The number of methoxy groups -OCH3 is 2. The zero-order chi connectivity index (χ0) is 21.5. The standard InChI is InChI=1S/C24H22ClN3O2S/c1-14-20(16-8-9-18(29-2)19(12-16)30-3)21-22(26-24(25)27-23(21)31-14)28-11-10-15-6-4-5-7-17(15)13-28/h4-9,12H,10-11,13H2,1-3H3. The van der Waals surface area contributed by atoms with Gasteiger partial charge in [-0.25, -0.2) is 4.98 Å². The number of thiophene rings is 1. The highest BCUT2D eigenvalue weighted by molar-refractivity contribution is 7.19. The number of aromatic nitrogens is 2. The Bertz CT molecular complexity index is 1290. The first-order valence-electron chi connectivity index (χ1n) is 10.1. The third-order valence-electron chi connectivity index (χ3n) is 5.78. The molecule has 1 aliphatic heterocycles. The van der Waals surface area contributed by atoms with E-state index in [2.05, 4.69) is 47.1 Å². The Kier molecular flexibility index (Phi) is 5.20. The van der Waals surface area contributed by atoms with Crippen LogP contribution in [-0.2, 0) is 13.0 Å². The number of hydrogen-bond acceptors (Lipinski definition) is 6. The zero-order valence-corrected chi connectivity index (χ0v) is 19.2. The molecule has 4 aromatic rings. The smallest absolute Gasteiger partial charge is 0.225 e. The predicted octanol–water partition coefficient (Wildman–Crippen LogP) is 5.90. The molecule has 2 aromatic heterocycles. The number of fused-ring (bicyclic) bond motifs is 2. The normalized spacial score (nSPS) is 13.4. The van der Waals surface area contributed by atoms with Crippen LogP contribution in [0.1, 0.15) is 16.0 Å². The van der Waals surface area contributed by atoms with E-state index in [1.807, 2.05) is 12.1 Å². The number of benzene rings is 2. The Balaban J connectivity index is 1.69. The second-order valence-electron chi connectivity index (χ2n) is 7.54. The molecule has 0 aliphatic carbocycles. The van der Waals surface area contributed by atoms with Gasteiger partial charge in [-0.2, -0.15) is 4.98 Å². The highest BCUT2D eigenvalue weighted by atomic mass is 35.5. The maximum atomic E-state index is 6.36. The van der Waals surface area contributed by atoms with E-state index < -0.39 is 0 Å². The molecule has 3 heterocycles. The van der Waals surface area contributed by atoms with Gasteiger partial charge in [0.05, 0.1) is 19.6 Å². The van der Waals surface area contributed by atoms with Gasteiger partial charge < -0.3 is 14.4 Å². The van der Waals surface area contributed by atoms with Crippen molar-refractivity contribution < 1.29 is 9.47 Å². The van der Waals surface area contributed by atoms with Crippen LogP contribution in [0.3, 0.4) is 0 Å². The molecule has 0 amide bonds. The molecule has 0 atom stereocenters. The Morgan fingerprint density at radius 2 is 1.77 bits per heavy atom. The molecule has 0 spiro atoms. The monoisotopic (exact) mass is 451 g/mol. The van der Waals surface area contributed by atoms with Gasteiger partial charge in [-0.15, -0.1) is 11.3 Å². The minimum absolute atomic E-state index is 0.279. The summed E-state index contributed by atoms with van der Waals surface area (Å²) in [5.41, 5.74) is 4.89. The van der Waals surface area contributed by atoms with Crippen molar-refractivity contribution in [2.24, 2.45) is 0 Å². The quantitative estimate of drug-likeness (QED) is 0.361. The van der Waals surface area contributed by atoms with Crippen molar-refractivity contribution in [2.75, 3.05) is 25.7 Å². The van der Waals surface area contributed by atoms with Gasteiger partial charge in [-0.05, 0) is 53.8 Å². The van der Waals surface area contributed by atoms with E-state index >= 15 is 0 Å². The minimum atomic E-state index is 0.279. The van der Waals surface area contributed by atoms with Crippen molar-refractivity contribution in [1.82, 2.24) is 9.97 Å². The topological polar surface area (TPSA) is 47.5 Å². The molecular formula is C24H22ClN3O2S. The number of rotatable bonds is 4. The van der Waals surface area contributed by atoms with Crippen LogP contribution in [0.5, 0.6) is 11.5 Å². The van der Waals surface area contributed by atoms with Gasteiger partial charge in [-0.1, -0.05) is 30.3 Å². The Hall–Kier alpha value is -2.83. The summed E-state index contributed by atoms with van der Waals surface area (Å²) in [5, 5.41) is 1.32. The van der Waals surface area contributed by atoms with Gasteiger partial charge in [-0.3, -0.25) is 0 Å². The third kappa shape index (κ3) is 3.50. The number of hydrogen-bond donors (Lipinski definition) is 0. The fourth-order valence-corrected chi connectivity index (χ4v) is 5.57. The van der Waals surface area contributed by atoms with Crippen LogP contribution in [0.25, 0.3) is 21.3 Å². The molecule has 7 heteroatoms. The van der Waals surface area contributed by atoms with Gasteiger partial charge in [0.1, 0.15) is 10.6 Å². The van der Waals surface area contributed by atoms with E-state index in [0.29, 0.717) is 11.5 Å². The van der Waals surface area contributed by atoms with Crippen molar-refractivity contribution in [3.05, 3.63) is 63.8 Å². The molecule has 0 N–H and O–H groups in total. The van der Waals surface area contributed by atoms with Gasteiger partial charge in [0.15, 0.2) is 11.5 Å². The molecule has 2 aromatic carbocycles. The summed E-state index contributed by atoms with van der Waals surface area (Å²) in [5.74, 6) is 2.29. The molecule has 158 valence electrons. The largest absolute Gasteiger partial charge is 0.493 e. The SMILES string of the molecule is COc1ccc(-c2c(C)sc3nc(Cl)nc(N4CCc5ccccc5C4)c23)cc1OC. The molecule has 0 bridgehead atoms. The maximum absolute atomic E-state index is 6.36. The number of halogens is 1. The van der Waals surface area contributed by atoms with E-state index in [0.717, 1.165) is 51.5 Å². The van der Waals surface area contributed by atoms with Crippen LogP contribution in [-0.4, -0.2) is 30.7 Å². The summed E-state index contributed by atoms with van der Waals surface area (Å²) in [6.07, 6.45) is 0.980. The summed E-state index contributed by atoms with van der Waals surface area (Å²) in [7, 11) is 3.30. The van der Waals surface area contributed by atoms with E-state index in [1.165, 1.54) is 11.1 Å². The fourth-order valence-electron chi connectivity index (χ4n) is 4.31. The number of aryl methyl sites for hydroxylation is 1. The van der Waals surface area contributed by atoms with Gasteiger partial charge in [0.2, 0.25) is 5.28 Å². The van der Waals surface area contributed by atoms with Crippen molar-refractivity contribution in [1.29, 1.82) is 0 Å². The summed E-state index contributed by atoms with van der Waals surface area (Å²) in [6, 6.07) is 14.6. The third-order valence-corrected chi connectivity index (χ3v) is 6.95. The van der Waals surface area contributed by atoms with Crippen molar-refractivity contribution in [2.45, 2.75) is 19.9 Å². The van der Waals surface area contributed by atoms with Crippen LogP contribution < -0.4 is 14.4 Å². The van der Waals surface area contributed by atoms with Gasteiger partial charge >= 0.3 is 0 Å². The van der Waals surface area contributed by atoms with Crippen molar-refractivity contribution >= 4 is 39.0 Å². The average Bonchev–Trinajstić information content (AvgIpc) is 3.13. The average molecular weight is 452 g/mol. The zero-order valence-electron chi connectivity index (χ0n) is 17.6. The number of ether oxygens (including phenoxy) is 2. The molecule has 0 saturated heterocycles. The van der Waals surface area contributed by atoms with E-state index in [9.17, 15) is 0 Å². The van der Waals surface area contributed by atoms with E-state index in [1.54, 1.807) is 25.6 Å². The molecular weight excluding hydrogens is 430 g/mol. The molecule has 5 rings (SSSR count). The first-order valence-corrected chi connectivity index (χ1v) is 11.3. The minimum Gasteiger partial charge on any atom is -0.493 e. The summed E-state index contributed by atoms with van der Waals surface area (Å²) < 4.78 is 11.0. The van der Waals surface area contributed by atoms with Crippen molar-refractivity contribution in [3.63, 3.8) is 0 Å². The lowest BCUT2D eigenvalue weighted by atomic mass is 9.98. The van der Waals surface area contributed by atoms with E-state index in [-0.39, 0.29) is 5.28 Å². The van der Waals surface area contributed by atoms with Crippen LogP contribution in [0.2, 0.25) is 5.28 Å². The predicted molar refractivity (Wildman–Crippen MR) is 127 cm³/mol. The van der Waals surface area contributed by atoms with Gasteiger partial charge in [0, 0.05) is 23.5 Å². The summed E-state index contributed by atoms with van der Waals surface area (Å²) >= 11 is 8.00. The second-order valence-corrected chi connectivity index (χ2v) is 9.08. The van der Waals surface area contributed by atoms with Crippen LogP contribution in [0, 0.1) is 6.92 Å². The summed E-state index contributed by atoms with van der Waals surface area (Å²) in [4.78, 5) is 13.6. The van der Waals surface area contributed by atoms with Crippen molar-refractivity contribution in [3.8, 4) is 22.6 Å². The van der Waals surface area contributed by atoms with Gasteiger partial charge in [0.25, 0.3) is 0 Å². The highest BCUT2D eigenvalue weighted by Gasteiger charge is 2.25.